The summed E-state index contributed by atoms with van der Waals surface area (Å²) in [4.78, 5) is 36.9. The molecule has 0 fully saturated rings. The Kier molecular flexibility index (Phi) is 4.30. The third-order valence-electron chi connectivity index (χ3n) is 4.41. The van der Waals surface area contributed by atoms with Gasteiger partial charge in [0.05, 0.1) is 21.7 Å². The van der Waals surface area contributed by atoms with Crippen LogP contribution in [0.2, 0.25) is 0 Å². The van der Waals surface area contributed by atoms with E-state index < -0.39 is 16.7 Å². The Labute approximate surface area is 165 Å². The standard InChI is InChI=1S/C22H12N2O5/c1-2-14-4-3-5-16(12-14)23-21(25)19-11-10-18(13-20(19)22(23)26)29-17-8-6-15(7-9-17)24(27)28/h1,3-13H. The Morgan fingerprint density at radius 1 is 0.897 bits per heavy atom. The van der Waals surface area contributed by atoms with Crippen molar-refractivity contribution < 1.29 is 19.2 Å². The highest BCUT2D eigenvalue weighted by Gasteiger charge is 2.37. The van der Waals surface area contributed by atoms with Crippen molar-refractivity contribution in [3.05, 3.63) is 93.5 Å². The van der Waals surface area contributed by atoms with Crippen LogP contribution >= 0.6 is 0 Å². The van der Waals surface area contributed by atoms with E-state index in [1.54, 1.807) is 30.3 Å². The van der Waals surface area contributed by atoms with Gasteiger partial charge in [-0.2, -0.15) is 0 Å². The minimum absolute atomic E-state index is 0.0584. The lowest BCUT2D eigenvalue weighted by atomic mass is 10.1. The topological polar surface area (TPSA) is 89.8 Å². The maximum atomic E-state index is 12.9. The molecule has 1 heterocycles. The average molecular weight is 384 g/mol. The molecular weight excluding hydrogens is 372 g/mol. The first kappa shape index (κ1) is 17.9. The zero-order valence-corrected chi connectivity index (χ0v) is 14.9. The van der Waals surface area contributed by atoms with E-state index in [2.05, 4.69) is 5.92 Å². The van der Waals surface area contributed by atoms with E-state index in [1.807, 2.05) is 0 Å². The molecule has 2 amide bonds. The smallest absolute Gasteiger partial charge is 0.269 e. The molecule has 0 saturated heterocycles. The molecule has 3 aromatic rings. The molecule has 0 bridgehead atoms. The van der Waals surface area contributed by atoms with E-state index in [9.17, 15) is 19.7 Å². The minimum atomic E-state index is -0.507. The van der Waals surface area contributed by atoms with Crippen LogP contribution in [0.5, 0.6) is 11.5 Å². The Balaban J connectivity index is 1.63. The van der Waals surface area contributed by atoms with Crippen LogP contribution in [0.3, 0.4) is 0 Å². The monoisotopic (exact) mass is 384 g/mol. The van der Waals surface area contributed by atoms with Gasteiger partial charge in [0.1, 0.15) is 11.5 Å². The number of hydrogen-bond acceptors (Lipinski definition) is 5. The van der Waals surface area contributed by atoms with E-state index >= 15 is 0 Å². The fraction of sp³-hybridized carbons (Fsp3) is 0. The number of terminal acetylenes is 1. The predicted octanol–water partition coefficient (Wildman–Crippen LogP) is 4.17. The fourth-order valence-electron chi connectivity index (χ4n) is 3.02. The van der Waals surface area contributed by atoms with Crippen molar-refractivity contribution >= 4 is 23.2 Å². The summed E-state index contributed by atoms with van der Waals surface area (Å²) in [6.07, 6.45) is 5.40. The van der Waals surface area contributed by atoms with Crippen LogP contribution in [-0.4, -0.2) is 16.7 Å². The van der Waals surface area contributed by atoms with Crippen molar-refractivity contribution in [3.63, 3.8) is 0 Å². The number of nitro groups is 1. The Morgan fingerprint density at radius 2 is 1.59 bits per heavy atom. The van der Waals surface area contributed by atoms with Crippen molar-refractivity contribution in [3.8, 4) is 23.8 Å². The number of benzene rings is 3. The second kappa shape index (κ2) is 6.94. The molecule has 0 saturated carbocycles. The zero-order valence-electron chi connectivity index (χ0n) is 14.9. The quantitative estimate of drug-likeness (QED) is 0.291. The van der Waals surface area contributed by atoms with Crippen molar-refractivity contribution in [2.24, 2.45) is 0 Å². The summed E-state index contributed by atoms with van der Waals surface area (Å²) in [6, 6.07) is 16.7. The molecule has 0 N–H and O–H groups in total. The van der Waals surface area contributed by atoms with Gasteiger partial charge >= 0.3 is 0 Å². The van der Waals surface area contributed by atoms with Crippen molar-refractivity contribution in [1.82, 2.24) is 0 Å². The summed E-state index contributed by atoms with van der Waals surface area (Å²) in [5.74, 6) is 2.25. The van der Waals surface area contributed by atoms with Gasteiger partial charge in [0, 0.05) is 17.7 Å². The van der Waals surface area contributed by atoms with Gasteiger partial charge in [-0.15, -0.1) is 6.42 Å². The van der Waals surface area contributed by atoms with Gasteiger partial charge in [-0.25, -0.2) is 4.90 Å². The van der Waals surface area contributed by atoms with E-state index in [0.29, 0.717) is 22.7 Å². The van der Waals surface area contributed by atoms with Crippen LogP contribution in [-0.2, 0) is 0 Å². The molecule has 4 rings (SSSR count). The summed E-state index contributed by atoms with van der Waals surface area (Å²) in [5.41, 5.74) is 1.36. The Morgan fingerprint density at radius 3 is 2.28 bits per heavy atom. The van der Waals surface area contributed by atoms with Crippen LogP contribution < -0.4 is 9.64 Å². The van der Waals surface area contributed by atoms with E-state index in [1.165, 1.54) is 36.4 Å². The number of nitrogens with zero attached hydrogens (tertiary/aromatic N) is 2. The molecule has 1 aliphatic rings. The molecule has 0 aliphatic carbocycles. The molecule has 0 atom stereocenters. The maximum Gasteiger partial charge on any atom is 0.269 e. The van der Waals surface area contributed by atoms with Crippen LogP contribution in [0.15, 0.2) is 66.7 Å². The summed E-state index contributed by atoms with van der Waals surface area (Å²) in [5, 5.41) is 10.7. The molecule has 3 aromatic carbocycles. The van der Waals surface area contributed by atoms with Crippen molar-refractivity contribution in [2.45, 2.75) is 0 Å². The Bertz CT molecular complexity index is 1210. The van der Waals surface area contributed by atoms with Gasteiger partial charge < -0.3 is 4.74 Å². The molecule has 140 valence electrons. The molecule has 7 heteroatoms. The normalized spacial score (nSPS) is 12.4. The first-order valence-corrected chi connectivity index (χ1v) is 8.50. The lowest BCUT2D eigenvalue weighted by Crippen LogP contribution is -2.29. The number of rotatable bonds is 4. The van der Waals surface area contributed by atoms with Gasteiger partial charge in [-0.3, -0.25) is 19.7 Å². The molecule has 0 radical (unpaired) electrons. The summed E-state index contributed by atoms with van der Waals surface area (Å²) in [7, 11) is 0. The highest BCUT2D eigenvalue weighted by molar-refractivity contribution is 6.34. The lowest BCUT2D eigenvalue weighted by Gasteiger charge is -2.13. The summed E-state index contributed by atoms with van der Waals surface area (Å²) >= 11 is 0. The third kappa shape index (κ3) is 3.19. The largest absolute Gasteiger partial charge is 0.457 e. The Hall–Kier alpha value is -4.44. The fourth-order valence-corrected chi connectivity index (χ4v) is 3.02. The van der Waals surface area contributed by atoms with Gasteiger partial charge in [0.15, 0.2) is 0 Å². The molecule has 0 unspecified atom stereocenters. The van der Waals surface area contributed by atoms with Gasteiger partial charge in [-0.05, 0) is 48.5 Å². The van der Waals surface area contributed by atoms with Crippen LogP contribution in [0, 0.1) is 22.5 Å². The third-order valence-corrected chi connectivity index (χ3v) is 4.41. The molecule has 7 nitrogen and oxygen atoms in total. The number of imide groups is 1. The van der Waals surface area contributed by atoms with Crippen LogP contribution in [0.4, 0.5) is 11.4 Å². The number of carbonyl (C=O) groups is 2. The zero-order chi connectivity index (χ0) is 20.5. The predicted molar refractivity (Wildman–Crippen MR) is 105 cm³/mol. The van der Waals surface area contributed by atoms with Gasteiger partial charge in [-0.1, -0.05) is 12.0 Å². The summed E-state index contributed by atoms with van der Waals surface area (Å²) in [6.45, 7) is 0. The first-order chi connectivity index (χ1) is 14.0. The van der Waals surface area contributed by atoms with Crippen LogP contribution in [0.25, 0.3) is 0 Å². The number of carbonyl (C=O) groups excluding carboxylic acids is 2. The second-order valence-corrected chi connectivity index (χ2v) is 6.20. The number of hydrogen-bond donors (Lipinski definition) is 0. The average Bonchev–Trinajstić information content (AvgIpc) is 2.98. The molecule has 1 aliphatic heterocycles. The lowest BCUT2D eigenvalue weighted by molar-refractivity contribution is -0.384. The number of amides is 2. The number of ether oxygens (including phenoxy) is 1. The SMILES string of the molecule is C#Cc1cccc(N2C(=O)c3ccc(Oc4ccc([N+](=O)[O-])cc4)cc3C2=O)c1. The minimum Gasteiger partial charge on any atom is -0.457 e. The van der Waals surface area contributed by atoms with E-state index in [0.717, 1.165) is 4.90 Å². The van der Waals surface area contributed by atoms with Crippen molar-refractivity contribution in [1.29, 1.82) is 0 Å². The number of anilines is 1. The number of non-ortho nitro benzene ring substituents is 1. The van der Waals surface area contributed by atoms with Crippen LogP contribution in [0.1, 0.15) is 26.3 Å². The molecule has 29 heavy (non-hydrogen) atoms. The second-order valence-electron chi connectivity index (χ2n) is 6.20. The van der Waals surface area contributed by atoms with E-state index in [-0.39, 0.29) is 16.8 Å². The number of fused-ring (bicyclic) bond motifs is 1. The highest BCUT2D eigenvalue weighted by atomic mass is 16.6. The van der Waals surface area contributed by atoms with Gasteiger partial charge in [0.2, 0.25) is 0 Å². The van der Waals surface area contributed by atoms with Gasteiger partial charge in [0.25, 0.3) is 17.5 Å². The summed E-state index contributed by atoms with van der Waals surface area (Å²) < 4.78 is 5.67. The van der Waals surface area contributed by atoms with Crippen molar-refractivity contribution in [2.75, 3.05) is 4.90 Å². The highest BCUT2D eigenvalue weighted by Crippen LogP contribution is 2.33. The maximum absolute atomic E-state index is 12.9. The molecular formula is C22H12N2O5. The molecule has 0 aromatic heterocycles. The number of nitro benzene ring substituents is 1. The van der Waals surface area contributed by atoms with E-state index in [4.69, 9.17) is 11.2 Å². The molecule has 0 spiro atoms. The first-order valence-electron chi connectivity index (χ1n) is 8.50.